The number of nitro groups is 1. The Morgan fingerprint density at radius 2 is 2.00 bits per heavy atom. The van der Waals surface area contributed by atoms with E-state index in [0.717, 1.165) is 11.3 Å². The molecule has 0 bridgehead atoms. The number of nitrogens with one attached hydrogen (secondary N) is 1. The molecular formula is C14H16N4O2. The fourth-order valence-electron chi connectivity index (χ4n) is 1.97. The number of aryl methyl sites for hydroxylation is 1. The summed E-state index contributed by atoms with van der Waals surface area (Å²) in [5, 5.41) is 13.8. The summed E-state index contributed by atoms with van der Waals surface area (Å²) in [5.41, 5.74) is 2.05. The molecule has 0 aliphatic rings. The van der Waals surface area contributed by atoms with Crippen LogP contribution in [0.3, 0.4) is 0 Å². The highest BCUT2D eigenvalue weighted by molar-refractivity contribution is 5.66. The zero-order chi connectivity index (χ0) is 14.7. The molecule has 0 saturated carbocycles. The number of nitrogens with zero attached hydrogens (tertiary/aromatic N) is 3. The molecule has 1 N–H and O–H groups in total. The quantitative estimate of drug-likeness (QED) is 0.684. The molecule has 0 amide bonds. The SMILES string of the molecule is CNc1cc([N+](=O)[O-])cc(N(C)c2ccccc2C)n1. The van der Waals surface area contributed by atoms with Crippen LogP contribution in [0, 0.1) is 17.0 Å². The van der Waals surface area contributed by atoms with E-state index in [1.54, 1.807) is 7.05 Å². The maximum absolute atomic E-state index is 11.0. The molecule has 6 nitrogen and oxygen atoms in total. The minimum Gasteiger partial charge on any atom is -0.373 e. The van der Waals surface area contributed by atoms with Gasteiger partial charge in [-0.15, -0.1) is 0 Å². The van der Waals surface area contributed by atoms with Crippen LogP contribution in [0.15, 0.2) is 36.4 Å². The number of hydrogen-bond donors (Lipinski definition) is 1. The molecule has 1 heterocycles. The minimum atomic E-state index is -0.419. The molecule has 0 atom stereocenters. The second kappa shape index (κ2) is 5.56. The van der Waals surface area contributed by atoms with Gasteiger partial charge >= 0.3 is 0 Å². The lowest BCUT2D eigenvalue weighted by molar-refractivity contribution is -0.384. The van der Waals surface area contributed by atoms with Crippen LogP contribution in [-0.2, 0) is 0 Å². The van der Waals surface area contributed by atoms with Crippen molar-refractivity contribution >= 4 is 23.0 Å². The average molecular weight is 272 g/mol. The minimum absolute atomic E-state index is 0.0137. The average Bonchev–Trinajstić information content (AvgIpc) is 2.46. The van der Waals surface area contributed by atoms with Gasteiger partial charge in [-0.05, 0) is 18.6 Å². The first-order chi connectivity index (χ1) is 9.52. The summed E-state index contributed by atoms with van der Waals surface area (Å²) in [6, 6.07) is 10.7. The zero-order valence-electron chi connectivity index (χ0n) is 11.6. The topological polar surface area (TPSA) is 71.3 Å². The van der Waals surface area contributed by atoms with Crippen molar-refractivity contribution < 1.29 is 4.92 Å². The Kier molecular flexibility index (Phi) is 3.84. The number of rotatable bonds is 4. The Hall–Kier alpha value is -2.63. The molecule has 6 heteroatoms. The van der Waals surface area contributed by atoms with Crippen LogP contribution in [0.25, 0.3) is 0 Å². The Morgan fingerprint density at radius 1 is 1.30 bits per heavy atom. The van der Waals surface area contributed by atoms with Crippen LogP contribution in [0.5, 0.6) is 0 Å². The van der Waals surface area contributed by atoms with Gasteiger partial charge in [0.2, 0.25) is 0 Å². The second-order valence-electron chi connectivity index (χ2n) is 4.42. The molecule has 0 spiro atoms. The standard InChI is InChI=1S/C14H16N4O2/c1-10-6-4-5-7-12(10)17(3)14-9-11(18(19)20)8-13(15-2)16-14/h4-9H,1-3H3,(H,15,16). The van der Waals surface area contributed by atoms with Crippen molar-refractivity contribution in [1.29, 1.82) is 0 Å². The lowest BCUT2D eigenvalue weighted by Crippen LogP contribution is -2.13. The zero-order valence-corrected chi connectivity index (χ0v) is 11.6. The van der Waals surface area contributed by atoms with Gasteiger partial charge in [0.15, 0.2) is 0 Å². The van der Waals surface area contributed by atoms with Crippen molar-refractivity contribution in [3.8, 4) is 0 Å². The highest BCUT2D eigenvalue weighted by Crippen LogP contribution is 2.29. The van der Waals surface area contributed by atoms with Crippen molar-refractivity contribution in [2.45, 2.75) is 6.92 Å². The van der Waals surface area contributed by atoms with Gasteiger partial charge in [-0.3, -0.25) is 10.1 Å². The molecule has 0 saturated heterocycles. The largest absolute Gasteiger partial charge is 0.373 e. The van der Waals surface area contributed by atoms with Gasteiger partial charge in [-0.1, -0.05) is 18.2 Å². The Morgan fingerprint density at radius 3 is 2.60 bits per heavy atom. The highest BCUT2D eigenvalue weighted by atomic mass is 16.6. The Bertz CT molecular complexity index is 643. The number of pyridine rings is 1. The number of benzene rings is 1. The monoisotopic (exact) mass is 272 g/mol. The van der Waals surface area contributed by atoms with Crippen molar-refractivity contribution in [1.82, 2.24) is 4.98 Å². The van der Waals surface area contributed by atoms with E-state index in [1.165, 1.54) is 12.1 Å². The summed E-state index contributed by atoms with van der Waals surface area (Å²) >= 11 is 0. The van der Waals surface area contributed by atoms with Crippen LogP contribution in [0.1, 0.15) is 5.56 Å². The maximum Gasteiger partial charge on any atom is 0.276 e. The van der Waals surface area contributed by atoms with E-state index >= 15 is 0 Å². The predicted octanol–water partition coefficient (Wildman–Crippen LogP) is 3.11. The van der Waals surface area contributed by atoms with Crippen molar-refractivity contribution in [3.63, 3.8) is 0 Å². The molecule has 1 aromatic heterocycles. The van der Waals surface area contributed by atoms with E-state index in [0.29, 0.717) is 11.6 Å². The summed E-state index contributed by atoms with van der Waals surface area (Å²) in [7, 11) is 3.53. The van der Waals surface area contributed by atoms with E-state index in [2.05, 4.69) is 10.3 Å². The third-order valence-electron chi connectivity index (χ3n) is 3.08. The maximum atomic E-state index is 11.0. The van der Waals surface area contributed by atoms with Crippen LogP contribution in [-0.4, -0.2) is 24.0 Å². The molecule has 2 rings (SSSR count). The Labute approximate surface area is 117 Å². The first-order valence-corrected chi connectivity index (χ1v) is 6.16. The first-order valence-electron chi connectivity index (χ1n) is 6.16. The fraction of sp³-hybridized carbons (Fsp3) is 0.214. The van der Waals surface area contributed by atoms with Crippen molar-refractivity contribution in [3.05, 3.63) is 52.1 Å². The smallest absolute Gasteiger partial charge is 0.276 e. The van der Waals surface area contributed by atoms with E-state index in [9.17, 15) is 10.1 Å². The highest BCUT2D eigenvalue weighted by Gasteiger charge is 2.15. The Balaban J connectivity index is 2.49. The lowest BCUT2D eigenvalue weighted by atomic mass is 10.2. The van der Waals surface area contributed by atoms with Crippen molar-refractivity contribution in [2.75, 3.05) is 24.3 Å². The molecule has 2 aromatic rings. The summed E-state index contributed by atoms with van der Waals surface area (Å²) in [6.45, 7) is 1.99. The van der Waals surface area contributed by atoms with Crippen LogP contribution in [0.4, 0.5) is 23.0 Å². The fourth-order valence-corrected chi connectivity index (χ4v) is 1.97. The van der Waals surface area contributed by atoms with E-state index in [1.807, 2.05) is 43.1 Å². The predicted molar refractivity (Wildman–Crippen MR) is 79.7 cm³/mol. The molecule has 0 radical (unpaired) electrons. The summed E-state index contributed by atoms with van der Waals surface area (Å²) < 4.78 is 0. The van der Waals surface area contributed by atoms with Crippen LogP contribution < -0.4 is 10.2 Å². The number of aromatic nitrogens is 1. The van der Waals surface area contributed by atoms with E-state index in [4.69, 9.17) is 0 Å². The third-order valence-corrected chi connectivity index (χ3v) is 3.08. The van der Waals surface area contributed by atoms with Crippen LogP contribution in [0.2, 0.25) is 0 Å². The first kappa shape index (κ1) is 13.8. The molecule has 0 aliphatic heterocycles. The summed E-state index contributed by atoms with van der Waals surface area (Å²) in [6.07, 6.45) is 0. The molecule has 20 heavy (non-hydrogen) atoms. The molecule has 104 valence electrons. The lowest BCUT2D eigenvalue weighted by Gasteiger charge is -2.20. The molecule has 1 aromatic carbocycles. The van der Waals surface area contributed by atoms with Gasteiger partial charge in [0.1, 0.15) is 11.6 Å². The van der Waals surface area contributed by atoms with Gasteiger partial charge in [0.05, 0.1) is 17.1 Å². The van der Waals surface area contributed by atoms with Gasteiger partial charge in [0, 0.05) is 19.8 Å². The molecule has 0 unspecified atom stereocenters. The van der Waals surface area contributed by atoms with Gasteiger partial charge < -0.3 is 10.2 Å². The molecule has 0 aliphatic carbocycles. The molecule has 0 fully saturated rings. The van der Waals surface area contributed by atoms with Gasteiger partial charge in [-0.2, -0.15) is 0 Å². The van der Waals surface area contributed by atoms with Crippen LogP contribution >= 0.6 is 0 Å². The number of hydrogen-bond acceptors (Lipinski definition) is 5. The van der Waals surface area contributed by atoms with E-state index in [-0.39, 0.29) is 5.69 Å². The number of para-hydroxylation sites is 1. The van der Waals surface area contributed by atoms with E-state index < -0.39 is 4.92 Å². The number of anilines is 3. The molecular weight excluding hydrogens is 256 g/mol. The van der Waals surface area contributed by atoms with Crippen molar-refractivity contribution in [2.24, 2.45) is 0 Å². The third kappa shape index (κ3) is 2.69. The summed E-state index contributed by atoms with van der Waals surface area (Å²) in [4.78, 5) is 16.8. The normalized spacial score (nSPS) is 10.2. The van der Waals surface area contributed by atoms with Gasteiger partial charge in [-0.25, -0.2) is 4.98 Å². The summed E-state index contributed by atoms with van der Waals surface area (Å²) in [5.74, 6) is 0.993. The second-order valence-corrected chi connectivity index (χ2v) is 4.42. The van der Waals surface area contributed by atoms with Gasteiger partial charge in [0.25, 0.3) is 5.69 Å².